The molecule has 96 valence electrons. The number of allylic oxidation sites excluding steroid dienone is 2. The van der Waals surface area contributed by atoms with E-state index in [1.54, 1.807) is 20.8 Å². The number of halogens is 3. The van der Waals surface area contributed by atoms with Crippen molar-refractivity contribution in [2.45, 2.75) is 39.8 Å². The third-order valence-corrected chi connectivity index (χ3v) is 4.84. The molecule has 0 spiro atoms. The zero-order chi connectivity index (χ0) is 13.2. The Kier molecular flexibility index (Phi) is 2.24. The molecule has 17 heavy (non-hydrogen) atoms. The molecule has 1 N–H and O–H groups in total. The number of carbonyl (C=O) groups excluding carboxylic acids is 1. The summed E-state index contributed by atoms with van der Waals surface area (Å²) >= 11 is 0. The topological polar surface area (TPSA) is 37.3 Å². The van der Waals surface area contributed by atoms with Crippen molar-refractivity contribution in [3.05, 3.63) is 11.3 Å². The van der Waals surface area contributed by atoms with Crippen molar-refractivity contribution in [1.82, 2.24) is 0 Å². The highest BCUT2D eigenvalue weighted by atomic mass is 19.4. The van der Waals surface area contributed by atoms with Gasteiger partial charge in [0.05, 0.1) is 0 Å². The van der Waals surface area contributed by atoms with Gasteiger partial charge in [0.2, 0.25) is 5.76 Å². The van der Waals surface area contributed by atoms with Gasteiger partial charge in [-0.25, -0.2) is 0 Å². The number of ketones is 1. The van der Waals surface area contributed by atoms with Crippen molar-refractivity contribution in [3.63, 3.8) is 0 Å². The van der Waals surface area contributed by atoms with Crippen molar-refractivity contribution < 1.29 is 23.1 Å². The van der Waals surface area contributed by atoms with Gasteiger partial charge in [0.15, 0.2) is 5.78 Å². The predicted octanol–water partition coefficient (Wildman–Crippen LogP) is 3.39. The fourth-order valence-electron chi connectivity index (χ4n) is 3.29. The van der Waals surface area contributed by atoms with Crippen LogP contribution in [0, 0.1) is 16.7 Å². The Morgan fingerprint density at radius 1 is 1.35 bits per heavy atom. The molecule has 0 aromatic rings. The van der Waals surface area contributed by atoms with Crippen LogP contribution in [0.3, 0.4) is 0 Å². The molecular formula is C12H15F3O2. The van der Waals surface area contributed by atoms with Crippen LogP contribution in [0.1, 0.15) is 33.6 Å². The number of aliphatic hydroxyl groups excluding tert-OH is 1. The van der Waals surface area contributed by atoms with E-state index in [0.29, 0.717) is 12.8 Å². The molecule has 2 rings (SSSR count). The maximum absolute atomic E-state index is 12.5. The van der Waals surface area contributed by atoms with Crippen molar-refractivity contribution in [3.8, 4) is 0 Å². The minimum atomic E-state index is -4.83. The van der Waals surface area contributed by atoms with Gasteiger partial charge >= 0.3 is 6.18 Å². The summed E-state index contributed by atoms with van der Waals surface area (Å²) < 4.78 is 37.5. The monoisotopic (exact) mass is 248 g/mol. The molecule has 2 fully saturated rings. The molecule has 2 saturated carbocycles. The van der Waals surface area contributed by atoms with Crippen molar-refractivity contribution >= 4 is 5.78 Å². The van der Waals surface area contributed by atoms with Crippen LogP contribution in [0.2, 0.25) is 0 Å². The van der Waals surface area contributed by atoms with E-state index in [-0.39, 0.29) is 0 Å². The van der Waals surface area contributed by atoms with Crippen LogP contribution < -0.4 is 0 Å². The summed E-state index contributed by atoms with van der Waals surface area (Å²) in [5.74, 6) is -2.71. The Hall–Kier alpha value is -1.00. The number of Topliss-reactive ketones (excluding diaryl/α,β-unsaturated/α-hetero) is 1. The summed E-state index contributed by atoms with van der Waals surface area (Å²) in [4.78, 5) is 12.1. The molecule has 0 aliphatic heterocycles. The lowest BCUT2D eigenvalue weighted by Gasteiger charge is -2.31. The summed E-state index contributed by atoms with van der Waals surface area (Å²) in [6.45, 7) is 5.31. The fraction of sp³-hybridized carbons (Fsp3) is 0.750. The molecule has 2 bridgehead atoms. The van der Waals surface area contributed by atoms with Gasteiger partial charge < -0.3 is 5.11 Å². The largest absolute Gasteiger partial charge is 0.504 e. The first-order chi connectivity index (χ1) is 7.53. The van der Waals surface area contributed by atoms with Gasteiger partial charge in [0.1, 0.15) is 0 Å². The minimum Gasteiger partial charge on any atom is -0.504 e. The maximum Gasteiger partial charge on any atom is 0.449 e. The number of aliphatic hydroxyl groups is 1. The highest BCUT2D eigenvalue weighted by Crippen LogP contribution is 2.66. The summed E-state index contributed by atoms with van der Waals surface area (Å²) in [7, 11) is 0. The van der Waals surface area contributed by atoms with E-state index < -0.39 is 40.0 Å². The second-order valence-corrected chi connectivity index (χ2v) is 5.73. The van der Waals surface area contributed by atoms with Crippen molar-refractivity contribution in [2.75, 3.05) is 0 Å². The van der Waals surface area contributed by atoms with E-state index in [0.717, 1.165) is 0 Å². The Labute approximate surface area is 97.5 Å². The Balaban J connectivity index is 2.60. The summed E-state index contributed by atoms with van der Waals surface area (Å²) in [6.07, 6.45) is -3.70. The smallest absolute Gasteiger partial charge is 0.449 e. The van der Waals surface area contributed by atoms with Crippen LogP contribution in [0.4, 0.5) is 13.2 Å². The highest BCUT2D eigenvalue weighted by Gasteiger charge is 2.66. The molecule has 0 aromatic heterocycles. The second-order valence-electron chi connectivity index (χ2n) is 5.73. The van der Waals surface area contributed by atoms with E-state index in [1.807, 2.05) is 0 Å². The third kappa shape index (κ3) is 1.31. The van der Waals surface area contributed by atoms with Gasteiger partial charge in [-0.2, -0.15) is 13.2 Å². The molecule has 5 heteroatoms. The van der Waals surface area contributed by atoms with Crippen LogP contribution in [0.25, 0.3) is 0 Å². The van der Waals surface area contributed by atoms with Crippen LogP contribution in [-0.2, 0) is 4.79 Å². The van der Waals surface area contributed by atoms with Gasteiger partial charge in [0.25, 0.3) is 0 Å². The number of hydrogen-bond donors (Lipinski definition) is 1. The van der Waals surface area contributed by atoms with Gasteiger partial charge in [-0.15, -0.1) is 0 Å². The molecule has 2 nitrogen and oxygen atoms in total. The zero-order valence-corrected chi connectivity index (χ0v) is 9.98. The average molecular weight is 248 g/mol. The Bertz CT molecular complexity index is 420. The lowest BCUT2D eigenvalue weighted by atomic mass is 9.70. The van der Waals surface area contributed by atoms with Crippen LogP contribution >= 0.6 is 0 Å². The zero-order valence-electron chi connectivity index (χ0n) is 9.98. The van der Waals surface area contributed by atoms with E-state index in [4.69, 9.17) is 0 Å². The lowest BCUT2D eigenvalue weighted by Crippen LogP contribution is -2.32. The molecule has 0 radical (unpaired) electrons. The number of rotatable bonds is 0. The molecule has 0 aromatic carbocycles. The number of hydrogen-bond acceptors (Lipinski definition) is 2. The standard InChI is InChI=1S/C12H15F3O2/c1-10(2)6-4-5-11(10,3)8(16)7(6)9(17)12(13,14)15/h6,17H,4-5H2,1-3H3/b9-7-/t6-,11+/m1/s1. The van der Waals surface area contributed by atoms with E-state index >= 15 is 0 Å². The van der Waals surface area contributed by atoms with Gasteiger partial charge in [0, 0.05) is 11.0 Å². The maximum atomic E-state index is 12.5. The van der Waals surface area contributed by atoms with Crippen molar-refractivity contribution in [2.24, 2.45) is 16.7 Å². The molecule has 2 atom stereocenters. The van der Waals surface area contributed by atoms with Crippen LogP contribution in [0.5, 0.6) is 0 Å². The fourth-order valence-corrected chi connectivity index (χ4v) is 3.29. The Morgan fingerprint density at radius 2 is 1.88 bits per heavy atom. The average Bonchev–Trinajstić information content (AvgIpc) is 2.47. The molecule has 2 aliphatic rings. The lowest BCUT2D eigenvalue weighted by molar-refractivity contribution is -0.131. The number of alkyl halides is 3. The molecule has 0 heterocycles. The van der Waals surface area contributed by atoms with E-state index in [9.17, 15) is 23.1 Å². The third-order valence-electron chi connectivity index (χ3n) is 4.84. The van der Waals surface area contributed by atoms with Gasteiger partial charge in [-0.1, -0.05) is 20.8 Å². The quantitative estimate of drug-likeness (QED) is 0.527. The molecule has 2 aliphatic carbocycles. The summed E-state index contributed by atoms with van der Waals surface area (Å²) in [6, 6.07) is 0. The summed E-state index contributed by atoms with van der Waals surface area (Å²) in [5.41, 5.74) is -1.69. The van der Waals surface area contributed by atoms with Crippen LogP contribution in [-0.4, -0.2) is 17.1 Å². The van der Waals surface area contributed by atoms with Gasteiger partial charge in [-0.05, 0) is 24.2 Å². The van der Waals surface area contributed by atoms with Crippen LogP contribution in [0.15, 0.2) is 11.3 Å². The van der Waals surface area contributed by atoms with E-state index in [2.05, 4.69) is 0 Å². The number of fused-ring (bicyclic) bond motifs is 2. The molecular weight excluding hydrogens is 233 g/mol. The minimum absolute atomic E-state index is 0.406. The van der Waals surface area contributed by atoms with Gasteiger partial charge in [-0.3, -0.25) is 4.79 Å². The predicted molar refractivity (Wildman–Crippen MR) is 55.3 cm³/mol. The summed E-state index contributed by atoms with van der Waals surface area (Å²) in [5, 5.41) is 9.26. The SMILES string of the molecule is CC1(C)[C@@H]2CC[C@@]1(C)C(=O)/C2=C(\O)C(F)(F)F. The first-order valence-electron chi connectivity index (χ1n) is 5.58. The normalized spacial score (nSPS) is 38.7. The van der Waals surface area contributed by atoms with Crippen molar-refractivity contribution in [1.29, 1.82) is 0 Å². The molecule has 0 saturated heterocycles. The first kappa shape index (κ1) is 12.5. The van der Waals surface area contributed by atoms with E-state index in [1.165, 1.54) is 0 Å². The molecule has 0 unspecified atom stereocenters. The molecule has 0 amide bonds. The highest BCUT2D eigenvalue weighted by molar-refractivity contribution is 6.05. The second kappa shape index (κ2) is 3.06. The Morgan fingerprint density at radius 3 is 2.24 bits per heavy atom. The number of carbonyl (C=O) groups is 1. The first-order valence-corrected chi connectivity index (χ1v) is 5.58.